The summed E-state index contributed by atoms with van der Waals surface area (Å²) in [6.45, 7) is 16.4. The number of hydrogen-bond donors (Lipinski definition) is 2. The van der Waals surface area contributed by atoms with E-state index >= 15 is 0 Å². The van der Waals surface area contributed by atoms with Crippen LogP contribution in [0.5, 0.6) is 0 Å². The molecule has 236 valence electrons. The standard InChI is InChI=1S/C34H47N7O3/c1-5-13-35-30-37-31(36-14-6-2)39-32(38-30)41-17-15-40(16-18-41)21-28(44)26-10-9-25-24-8-7-22-19-23(42)11-12-33(22,3)29(24)27(43)20-34(25,26)4/h5-6,19,24-26,29H,1-2,7-18,20-21H2,3-4H3,(H2,35,36,37,38,39)/t24-,25-,26+,29+,33-,34-/m0/s1. The molecule has 2 N–H and O–H groups in total. The van der Waals surface area contributed by atoms with E-state index in [9.17, 15) is 14.4 Å². The zero-order chi connectivity index (χ0) is 31.1. The number of anilines is 3. The van der Waals surface area contributed by atoms with E-state index in [1.54, 1.807) is 12.2 Å². The summed E-state index contributed by atoms with van der Waals surface area (Å²) in [4.78, 5) is 58.1. The Hall–Kier alpha value is -3.40. The number of rotatable bonds is 10. The van der Waals surface area contributed by atoms with Crippen molar-refractivity contribution in [1.82, 2.24) is 19.9 Å². The van der Waals surface area contributed by atoms with Crippen LogP contribution in [0.3, 0.4) is 0 Å². The fourth-order valence-electron chi connectivity index (χ4n) is 9.34. The van der Waals surface area contributed by atoms with Gasteiger partial charge in [-0.2, -0.15) is 15.0 Å². The number of carbonyl (C=O) groups excluding carboxylic acids is 3. The zero-order valence-electron chi connectivity index (χ0n) is 26.3. The average Bonchev–Trinajstić information content (AvgIpc) is 3.36. The van der Waals surface area contributed by atoms with Crippen molar-refractivity contribution < 1.29 is 14.4 Å². The first-order chi connectivity index (χ1) is 21.2. The molecule has 4 aliphatic carbocycles. The van der Waals surface area contributed by atoms with Gasteiger partial charge < -0.3 is 15.5 Å². The number of carbonyl (C=O) groups is 3. The lowest BCUT2D eigenvalue weighted by atomic mass is 9.46. The van der Waals surface area contributed by atoms with Crippen LogP contribution in [0.25, 0.3) is 0 Å². The number of nitrogens with zero attached hydrogens (tertiary/aromatic N) is 5. The van der Waals surface area contributed by atoms with Crippen LogP contribution in [0.2, 0.25) is 0 Å². The summed E-state index contributed by atoms with van der Waals surface area (Å²) in [5, 5.41) is 6.31. The van der Waals surface area contributed by atoms with E-state index in [1.165, 1.54) is 5.57 Å². The van der Waals surface area contributed by atoms with Gasteiger partial charge in [-0.05, 0) is 60.8 Å². The molecule has 5 aliphatic rings. The van der Waals surface area contributed by atoms with Crippen molar-refractivity contribution in [2.75, 3.05) is 61.3 Å². The summed E-state index contributed by atoms with van der Waals surface area (Å²) in [5.74, 6) is 3.02. The lowest BCUT2D eigenvalue weighted by Crippen LogP contribution is -2.56. The van der Waals surface area contributed by atoms with E-state index < -0.39 is 0 Å². The number of ketones is 3. The first kappa shape index (κ1) is 30.6. The number of piperazine rings is 1. The van der Waals surface area contributed by atoms with Crippen LogP contribution in [0, 0.1) is 34.5 Å². The van der Waals surface area contributed by atoms with Crippen LogP contribution < -0.4 is 15.5 Å². The second-order valence-corrected chi connectivity index (χ2v) is 14.0. The van der Waals surface area contributed by atoms with Crippen molar-refractivity contribution in [3.8, 4) is 0 Å². The largest absolute Gasteiger partial charge is 0.351 e. The maximum Gasteiger partial charge on any atom is 0.232 e. The summed E-state index contributed by atoms with van der Waals surface area (Å²) in [6.07, 6.45) is 10.9. The molecule has 1 aromatic rings. The number of hydrogen-bond acceptors (Lipinski definition) is 10. The predicted molar refractivity (Wildman–Crippen MR) is 171 cm³/mol. The number of allylic oxidation sites excluding steroid dienone is 1. The Morgan fingerprint density at radius 3 is 2.32 bits per heavy atom. The summed E-state index contributed by atoms with van der Waals surface area (Å²) in [7, 11) is 0. The first-order valence-electron chi connectivity index (χ1n) is 16.4. The van der Waals surface area contributed by atoms with Gasteiger partial charge in [-0.25, -0.2) is 0 Å². The summed E-state index contributed by atoms with van der Waals surface area (Å²) in [6, 6.07) is 0. The van der Waals surface area contributed by atoms with Crippen molar-refractivity contribution in [2.45, 2.75) is 58.8 Å². The van der Waals surface area contributed by atoms with Gasteiger partial charge in [0.15, 0.2) is 5.78 Å². The number of fused-ring (bicyclic) bond motifs is 5. The fraction of sp³-hybridized carbons (Fsp3) is 0.647. The number of aromatic nitrogens is 3. The molecule has 1 saturated heterocycles. The van der Waals surface area contributed by atoms with Gasteiger partial charge in [0.2, 0.25) is 17.8 Å². The molecule has 1 aromatic heterocycles. The molecule has 10 nitrogen and oxygen atoms in total. The minimum atomic E-state index is -0.270. The highest BCUT2D eigenvalue weighted by molar-refractivity contribution is 5.93. The molecule has 0 bridgehead atoms. The van der Waals surface area contributed by atoms with Crippen molar-refractivity contribution in [2.24, 2.45) is 34.5 Å². The van der Waals surface area contributed by atoms with Gasteiger partial charge in [-0.15, -0.1) is 13.2 Å². The van der Waals surface area contributed by atoms with E-state index in [0.29, 0.717) is 81.0 Å². The summed E-state index contributed by atoms with van der Waals surface area (Å²) >= 11 is 0. The normalized spacial score (nSPS) is 33.5. The zero-order valence-corrected chi connectivity index (χ0v) is 26.3. The fourth-order valence-corrected chi connectivity index (χ4v) is 9.34. The van der Waals surface area contributed by atoms with Gasteiger partial charge in [0.1, 0.15) is 11.6 Å². The molecule has 6 rings (SSSR count). The van der Waals surface area contributed by atoms with Crippen molar-refractivity contribution in [3.63, 3.8) is 0 Å². The third kappa shape index (κ3) is 5.50. The summed E-state index contributed by atoms with van der Waals surface area (Å²) in [5.41, 5.74) is 0.733. The Kier molecular flexibility index (Phi) is 8.48. The SMILES string of the molecule is C=CCNc1nc(NCC=C)nc(N2CCN(CC(=O)[C@H]3CC[C@H]4[C@@H]5CCC6=CC(=O)CC[C@]6(C)[C@H]5C(=O)C[C@]34C)CC2)n1. The van der Waals surface area contributed by atoms with Gasteiger partial charge in [-0.3, -0.25) is 19.3 Å². The van der Waals surface area contributed by atoms with Gasteiger partial charge in [0, 0.05) is 63.9 Å². The van der Waals surface area contributed by atoms with Crippen LogP contribution in [0.4, 0.5) is 17.8 Å². The third-order valence-corrected chi connectivity index (χ3v) is 11.5. The van der Waals surface area contributed by atoms with Crippen LogP contribution in [0.1, 0.15) is 58.8 Å². The van der Waals surface area contributed by atoms with Crippen molar-refractivity contribution >= 4 is 35.2 Å². The van der Waals surface area contributed by atoms with Crippen LogP contribution in [-0.4, -0.2) is 83.0 Å². The molecular weight excluding hydrogens is 554 g/mol. The van der Waals surface area contributed by atoms with Gasteiger partial charge in [0.25, 0.3) is 0 Å². The Morgan fingerprint density at radius 1 is 0.977 bits per heavy atom. The highest BCUT2D eigenvalue weighted by Crippen LogP contribution is 2.65. The molecule has 4 fully saturated rings. The second-order valence-electron chi connectivity index (χ2n) is 14.0. The van der Waals surface area contributed by atoms with Gasteiger partial charge in [0.05, 0.1) is 6.54 Å². The molecule has 0 spiro atoms. The van der Waals surface area contributed by atoms with Crippen LogP contribution >= 0.6 is 0 Å². The lowest BCUT2D eigenvalue weighted by molar-refractivity contribution is -0.148. The first-order valence-corrected chi connectivity index (χ1v) is 16.4. The van der Waals surface area contributed by atoms with E-state index in [0.717, 1.165) is 45.2 Å². The molecular formula is C34H47N7O3. The highest BCUT2D eigenvalue weighted by Gasteiger charge is 2.63. The Balaban J connectivity index is 1.09. The lowest BCUT2D eigenvalue weighted by Gasteiger charge is -2.56. The molecule has 0 unspecified atom stereocenters. The maximum absolute atomic E-state index is 13.9. The molecule has 3 saturated carbocycles. The maximum atomic E-state index is 13.9. The molecule has 0 aromatic carbocycles. The molecule has 0 radical (unpaired) electrons. The Labute approximate surface area is 260 Å². The Morgan fingerprint density at radius 2 is 1.66 bits per heavy atom. The average molecular weight is 602 g/mol. The highest BCUT2D eigenvalue weighted by atomic mass is 16.1. The molecule has 10 heteroatoms. The van der Waals surface area contributed by atoms with Gasteiger partial charge in [-0.1, -0.05) is 31.6 Å². The minimum absolute atomic E-state index is 0.00835. The number of nitrogens with one attached hydrogen (secondary N) is 2. The smallest absolute Gasteiger partial charge is 0.232 e. The molecule has 6 atom stereocenters. The van der Waals surface area contributed by atoms with Crippen LogP contribution in [0.15, 0.2) is 37.0 Å². The third-order valence-electron chi connectivity index (χ3n) is 11.5. The van der Waals surface area contributed by atoms with Crippen molar-refractivity contribution in [1.29, 1.82) is 0 Å². The minimum Gasteiger partial charge on any atom is -0.351 e. The molecule has 44 heavy (non-hydrogen) atoms. The van der Waals surface area contributed by atoms with E-state index in [2.05, 4.69) is 62.4 Å². The van der Waals surface area contributed by atoms with Crippen LogP contribution in [-0.2, 0) is 14.4 Å². The van der Waals surface area contributed by atoms with E-state index in [-0.39, 0.29) is 34.2 Å². The molecule has 1 aliphatic heterocycles. The Bertz CT molecular complexity index is 1340. The van der Waals surface area contributed by atoms with E-state index in [4.69, 9.17) is 0 Å². The predicted octanol–water partition coefficient (Wildman–Crippen LogP) is 4.09. The summed E-state index contributed by atoms with van der Waals surface area (Å²) < 4.78 is 0. The molecule has 0 amide bonds. The quantitative estimate of drug-likeness (QED) is 0.380. The van der Waals surface area contributed by atoms with Gasteiger partial charge >= 0.3 is 0 Å². The monoisotopic (exact) mass is 601 g/mol. The van der Waals surface area contributed by atoms with E-state index in [1.807, 2.05) is 6.08 Å². The number of Topliss-reactive ketones (excluding diaryl/α,β-unsaturated/α-hetero) is 2. The topological polar surface area (TPSA) is 120 Å². The molecule has 2 heterocycles. The van der Waals surface area contributed by atoms with Crippen molar-refractivity contribution in [3.05, 3.63) is 37.0 Å². The second kappa shape index (κ2) is 12.2.